The molecular weight excluding hydrogens is 456 g/mol. The Morgan fingerprint density at radius 3 is 2.71 bits per heavy atom. The zero-order chi connectivity index (χ0) is 24.2. The summed E-state index contributed by atoms with van der Waals surface area (Å²) in [5, 5.41) is 14.7. The Morgan fingerprint density at radius 1 is 1.15 bits per heavy atom. The summed E-state index contributed by atoms with van der Waals surface area (Å²) < 4.78 is 6.71. The Hall–Kier alpha value is -4.18. The lowest BCUT2D eigenvalue weighted by Crippen LogP contribution is -2.23. The lowest BCUT2D eigenvalue weighted by atomic mass is 10.2. The maximum Gasteiger partial charge on any atom is 0.293 e. The molecule has 10 heteroatoms. The van der Waals surface area contributed by atoms with E-state index in [1.165, 1.54) is 23.8 Å². The van der Waals surface area contributed by atoms with Crippen molar-refractivity contribution in [1.82, 2.24) is 9.55 Å². The number of anilines is 1. The lowest BCUT2D eigenvalue weighted by molar-refractivity contribution is -0.384. The van der Waals surface area contributed by atoms with Gasteiger partial charge in [-0.3, -0.25) is 24.3 Å². The van der Waals surface area contributed by atoms with E-state index in [2.05, 4.69) is 10.3 Å². The van der Waals surface area contributed by atoms with Crippen LogP contribution < -0.4 is 15.6 Å². The van der Waals surface area contributed by atoms with E-state index in [9.17, 15) is 19.7 Å². The van der Waals surface area contributed by atoms with Gasteiger partial charge in [0.2, 0.25) is 5.91 Å². The maximum absolute atomic E-state index is 13.3. The number of ether oxygens (including phenoxy) is 1. The second-order valence-electron chi connectivity index (χ2n) is 7.37. The molecule has 0 bridgehead atoms. The van der Waals surface area contributed by atoms with E-state index in [-0.39, 0.29) is 22.7 Å². The number of para-hydroxylation sites is 1. The van der Waals surface area contributed by atoms with Crippen LogP contribution in [0.4, 0.5) is 11.4 Å². The first-order chi connectivity index (χ1) is 16.4. The fourth-order valence-corrected chi connectivity index (χ4v) is 4.21. The summed E-state index contributed by atoms with van der Waals surface area (Å²) >= 11 is 1.06. The lowest BCUT2D eigenvalue weighted by Gasteiger charge is -2.14. The van der Waals surface area contributed by atoms with Crippen LogP contribution in [0.3, 0.4) is 0 Å². The van der Waals surface area contributed by atoms with Crippen LogP contribution in [-0.4, -0.2) is 33.2 Å². The number of amides is 1. The zero-order valence-electron chi connectivity index (χ0n) is 18.3. The third-order valence-corrected chi connectivity index (χ3v) is 5.95. The van der Waals surface area contributed by atoms with Crippen molar-refractivity contribution in [3.8, 4) is 11.4 Å². The summed E-state index contributed by atoms with van der Waals surface area (Å²) in [4.78, 5) is 41.4. The summed E-state index contributed by atoms with van der Waals surface area (Å²) in [5.41, 5.74) is 1.40. The monoisotopic (exact) mass is 476 g/mol. The van der Waals surface area contributed by atoms with E-state index in [1.807, 2.05) is 0 Å². The first-order valence-electron chi connectivity index (χ1n) is 10.2. The third kappa shape index (κ3) is 4.76. The molecule has 0 saturated heterocycles. The van der Waals surface area contributed by atoms with E-state index >= 15 is 0 Å². The predicted molar refractivity (Wildman–Crippen MR) is 131 cm³/mol. The number of nitro groups is 1. The number of carbonyl (C=O) groups is 1. The van der Waals surface area contributed by atoms with Crippen molar-refractivity contribution >= 4 is 39.9 Å². The summed E-state index contributed by atoms with van der Waals surface area (Å²) in [5.74, 6) is -0.00533. The molecule has 4 aromatic rings. The molecule has 9 nitrogen and oxygen atoms in total. The topological polar surface area (TPSA) is 116 Å². The molecule has 0 saturated carbocycles. The molecule has 3 aromatic carbocycles. The van der Waals surface area contributed by atoms with Gasteiger partial charge in [0, 0.05) is 12.1 Å². The van der Waals surface area contributed by atoms with Crippen molar-refractivity contribution in [2.45, 2.75) is 12.1 Å². The Balaban J connectivity index is 1.67. The van der Waals surface area contributed by atoms with E-state index in [4.69, 9.17) is 4.74 Å². The molecule has 1 N–H and O–H groups in total. The highest BCUT2D eigenvalue weighted by atomic mass is 32.2. The van der Waals surface area contributed by atoms with Crippen LogP contribution in [0.25, 0.3) is 16.6 Å². The molecule has 0 aliphatic rings. The van der Waals surface area contributed by atoms with Crippen molar-refractivity contribution in [3.05, 3.63) is 92.8 Å². The van der Waals surface area contributed by atoms with Gasteiger partial charge in [0.25, 0.3) is 11.2 Å². The average molecular weight is 477 g/mol. The summed E-state index contributed by atoms with van der Waals surface area (Å²) in [6.45, 7) is 1.73. The first kappa shape index (κ1) is 23.0. The van der Waals surface area contributed by atoms with Gasteiger partial charge in [-0.05, 0) is 42.8 Å². The smallest absolute Gasteiger partial charge is 0.293 e. The molecule has 0 atom stereocenters. The minimum absolute atomic E-state index is 0.109. The molecule has 4 rings (SSSR count). The Labute approximate surface area is 198 Å². The quantitative estimate of drug-likeness (QED) is 0.182. The molecule has 0 aliphatic carbocycles. The van der Waals surface area contributed by atoms with Gasteiger partial charge in [-0.25, -0.2) is 4.98 Å². The van der Waals surface area contributed by atoms with Crippen LogP contribution in [0.5, 0.6) is 5.75 Å². The fraction of sp³-hybridized carbons (Fsp3) is 0.125. The van der Waals surface area contributed by atoms with Crippen LogP contribution in [0.1, 0.15) is 5.56 Å². The highest BCUT2D eigenvalue weighted by molar-refractivity contribution is 7.99. The largest absolute Gasteiger partial charge is 0.497 e. The Morgan fingerprint density at radius 2 is 1.94 bits per heavy atom. The number of hydrogen-bond acceptors (Lipinski definition) is 7. The molecule has 0 fully saturated rings. The van der Waals surface area contributed by atoms with Crippen LogP contribution in [-0.2, 0) is 4.79 Å². The molecule has 34 heavy (non-hydrogen) atoms. The molecule has 1 heterocycles. The molecule has 0 spiro atoms. The number of methoxy groups -OCH3 is 1. The van der Waals surface area contributed by atoms with Crippen molar-refractivity contribution in [2.24, 2.45) is 0 Å². The minimum Gasteiger partial charge on any atom is -0.497 e. The third-order valence-electron chi connectivity index (χ3n) is 5.01. The van der Waals surface area contributed by atoms with E-state index in [1.54, 1.807) is 61.5 Å². The number of benzene rings is 3. The summed E-state index contributed by atoms with van der Waals surface area (Å²) in [6.07, 6.45) is 0. The maximum atomic E-state index is 13.3. The molecule has 1 amide bonds. The van der Waals surface area contributed by atoms with Gasteiger partial charge in [0.05, 0.1) is 34.4 Å². The van der Waals surface area contributed by atoms with E-state index < -0.39 is 10.8 Å². The van der Waals surface area contributed by atoms with Gasteiger partial charge < -0.3 is 10.1 Å². The van der Waals surface area contributed by atoms with Gasteiger partial charge in [-0.15, -0.1) is 0 Å². The fourth-order valence-electron chi connectivity index (χ4n) is 3.40. The predicted octanol–water partition coefficient (Wildman–Crippen LogP) is 4.34. The number of thioether (sulfide) groups is 1. The Kier molecular flexibility index (Phi) is 6.60. The average Bonchev–Trinajstić information content (AvgIpc) is 2.84. The molecule has 0 aliphatic heterocycles. The molecule has 1 aromatic heterocycles. The second-order valence-corrected chi connectivity index (χ2v) is 8.31. The van der Waals surface area contributed by atoms with Gasteiger partial charge in [0.1, 0.15) is 11.4 Å². The van der Waals surface area contributed by atoms with Gasteiger partial charge in [0.15, 0.2) is 5.16 Å². The van der Waals surface area contributed by atoms with E-state index in [0.717, 1.165) is 11.8 Å². The number of fused-ring (bicyclic) bond motifs is 1. The minimum atomic E-state index is -0.541. The molecule has 172 valence electrons. The normalized spacial score (nSPS) is 10.8. The first-order valence-corrected chi connectivity index (χ1v) is 11.2. The van der Waals surface area contributed by atoms with Crippen LogP contribution >= 0.6 is 11.8 Å². The van der Waals surface area contributed by atoms with Crippen LogP contribution in [0.2, 0.25) is 0 Å². The molecule has 0 radical (unpaired) electrons. The number of nitro benzene ring substituents is 1. The van der Waals surface area contributed by atoms with Crippen molar-refractivity contribution in [2.75, 3.05) is 18.2 Å². The van der Waals surface area contributed by atoms with Gasteiger partial charge in [-0.2, -0.15) is 0 Å². The molecule has 0 unspecified atom stereocenters. The second kappa shape index (κ2) is 9.75. The summed E-state index contributed by atoms with van der Waals surface area (Å²) in [6, 6.07) is 18.5. The highest BCUT2D eigenvalue weighted by Gasteiger charge is 2.18. The highest BCUT2D eigenvalue weighted by Crippen LogP contribution is 2.27. The SMILES string of the molecule is COc1cccc(-n2c(SCC(=O)Nc3ccc(C)cc3[N+](=O)[O-])nc3ccccc3c2=O)c1. The van der Waals surface area contributed by atoms with Crippen LogP contribution in [0.15, 0.2) is 76.7 Å². The zero-order valence-corrected chi connectivity index (χ0v) is 19.2. The van der Waals surface area contributed by atoms with Gasteiger partial charge >= 0.3 is 0 Å². The summed E-state index contributed by atoms with van der Waals surface area (Å²) in [7, 11) is 1.53. The number of rotatable bonds is 7. The van der Waals surface area contributed by atoms with E-state index in [0.29, 0.717) is 33.1 Å². The number of hydrogen-bond donors (Lipinski definition) is 1. The van der Waals surface area contributed by atoms with Crippen molar-refractivity contribution < 1.29 is 14.5 Å². The molecular formula is C24H20N4O5S. The van der Waals surface area contributed by atoms with Crippen molar-refractivity contribution in [1.29, 1.82) is 0 Å². The van der Waals surface area contributed by atoms with Crippen molar-refractivity contribution in [3.63, 3.8) is 0 Å². The van der Waals surface area contributed by atoms with Gasteiger partial charge in [-0.1, -0.05) is 36.0 Å². The Bertz CT molecular complexity index is 1470. The number of nitrogens with one attached hydrogen (secondary N) is 1. The number of carbonyl (C=O) groups excluding carboxylic acids is 1. The number of nitrogens with zero attached hydrogens (tertiary/aromatic N) is 3. The standard InChI is InChI=1S/C24H20N4O5S/c1-15-10-11-20(21(12-15)28(31)32)25-22(29)14-34-24-26-19-9-4-3-8-18(19)23(30)27(24)16-6-5-7-17(13-16)33-2/h3-13H,14H2,1-2H3,(H,25,29). The number of aromatic nitrogens is 2. The van der Waals surface area contributed by atoms with Crippen LogP contribution in [0, 0.1) is 17.0 Å². The number of aryl methyl sites for hydroxylation is 1.